The fourth-order valence-electron chi connectivity index (χ4n) is 1.95. The van der Waals surface area contributed by atoms with Gasteiger partial charge in [-0.15, -0.1) is 0 Å². The van der Waals surface area contributed by atoms with Gasteiger partial charge in [0.2, 0.25) is 0 Å². The van der Waals surface area contributed by atoms with E-state index < -0.39 is 0 Å². The number of nitrogens with zero attached hydrogens (tertiary/aromatic N) is 3. The Bertz CT molecular complexity index is 461. The summed E-state index contributed by atoms with van der Waals surface area (Å²) < 4.78 is 0. The minimum absolute atomic E-state index is 0.396. The van der Waals surface area contributed by atoms with Crippen LogP contribution in [0.15, 0.2) is 18.6 Å². The second kappa shape index (κ2) is 4.16. The van der Waals surface area contributed by atoms with Gasteiger partial charge in [0.05, 0.1) is 5.69 Å². The van der Waals surface area contributed by atoms with Crippen LogP contribution in [0.1, 0.15) is 50.8 Å². The van der Waals surface area contributed by atoms with E-state index in [0.29, 0.717) is 11.8 Å². The highest BCUT2D eigenvalue weighted by Gasteiger charge is 2.13. The maximum Gasteiger partial charge on any atom is 0.163 e. The molecule has 2 heterocycles. The van der Waals surface area contributed by atoms with Gasteiger partial charge in [-0.1, -0.05) is 27.7 Å². The van der Waals surface area contributed by atoms with Crippen molar-refractivity contribution in [3.8, 4) is 0 Å². The average molecular weight is 215 g/mol. The van der Waals surface area contributed by atoms with Crippen molar-refractivity contribution in [2.45, 2.75) is 39.5 Å². The third-order valence-corrected chi connectivity index (χ3v) is 2.77. The van der Waals surface area contributed by atoms with Crippen molar-refractivity contribution in [2.24, 2.45) is 0 Å². The van der Waals surface area contributed by atoms with E-state index in [1.165, 1.54) is 5.56 Å². The van der Waals surface area contributed by atoms with E-state index in [9.17, 15) is 0 Å². The van der Waals surface area contributed by atoms with Crippen molar-refractivity contribution < 1.29 is 0 Å². The lowest BCUT2D eigenvalue weighted by Crippen LogP contribution is -2.01. The van der Waals surface area contributed by atoms with Crippen molar-refractivity contribution in [2.75, 3.05) is 0 Å². The SMILES string of the molecule is CC(C)c1ccnc2ncnc(C(C)C)c12. The van der Waals surface area contributed by atoms with Crippen molar-refractivity contribution in [3.63, 3.8) is 0 Å². The van der Waals surface area contributed by atoms with Crippen LogP contribution in [0.2, 0.25) is 0 Å². The first-order valence-corrected chi connectivity index (χ1v) is 5.70. The molecule has 0 unspecified atom stereocenters. The van der Waals surface area contributed by atoms with Gasteiger partial charge in [0.15, 0.2) is 5.65 Å². The molecule has 0 aliphatic heterocycles. The Balaban J connectivity index is 2.82. The van der Waals surface area contributed by atoms with Gasteiger partial charge >= 0.3 is 0 Å². The molecule has 0 radical (unpaired) electrons. The molecule has 3 heteroatoms. The molecule has 0 aromatic carbocycles. The topological polar surface area (TPSA) is 38.7 Å². The first-order chi connectivity index (χ1) is 7.61. The van der Waals surface area contributed by atoms with Crippen LogP contribution < -0.4 is 0 Å². The molecular formula is C13H17N3. The van der Waals surface area contributed by atoms with Gasteiger partial charge in [-0.05, 0) is 23.5 Å². The number of fused-ring (bicyclic) bond motifs is 1. The summed E-state index contributed by atoms with van der Waals surface area (Å²) in [5.74, 6) is 0.862. The van der Waals surface area contributed by atoms with Gasteiger partial charge in [0.1, 0.15) is 6.33 Å². The predicted octanol–water partition coefficient (Wildman–Crippen LogP) is 3.27. The quantitative estimate of drug-likeness (QED) is 0.771. The summed E-state index contributed by atoms with van der Waals surface area (Å²) in [6.45, 7) is 8.68. The highest BCUT2D eigenvalue weighted by molar-refractivity contribution is 5.81. The highest BCUT2D eigenvalue weighted by atomic mass is 14.9. The van der Waals surface area contributed by atoms with E-state index in [2.05, 4.69) is 48.7 Å². The summed E-state index contributed by atoms with van der Waals surface area (Å²) in [6, 6.07) is 2.07. The van der Waals surface area contributed by atoms with Gasteiger partial charge in [0.25, 0.3) is 0 Å². The smallest absolute Gasteiger partial charge is 0.163 e. The molecular weight excluding hydrogens is 198 g/mol. The summed E-state index contributed by atoms with van der Waals surface area (Å²) in [4.78, 5) is 13.0. The van der Waals surface area contributed by atoms with Crippen LogP contribution in [0, 0.1) is 0 Å². The maximum atomic E-state index is 4.40. The Morgan fingerprint density at radius 2 is 1.69 bits per heavy atom. The van der Waals surface area contributed by atoms with Crippen molar-refractivity contribution >= 4 is 11.0 Å². The summed E-state index contributed by atoms with van der Waals surface area (Å²) in [5, 5.41) is 1.13. The van der Waals surface area contributed by atoms with Gasteiger partial charge in [-0.2, -0.15) is 0 Å². The minimum Gasteiger partial charge on any atom is -0.240 e. The van der Waals surface area contributed by atoms with Gasteiger partial charge < -0.3 is 0 Å². The number of aromatic nitrogens is 3. The zero-order chi connectivity index (χ0) is 11.7. The summed E-state index contributed by atoms with van der Waals surface area (Å²) in [7, 11) is 0. The molecule has 0 aliphatic carbocycles. The fourth-order valence-corrected chi connectivity index (χ4v) is 1.95. The predicted molar refractivity (Wildman–Crippen MR) is 65.5 cm³/mol. The van der Waals surface area contributed by atoms with Crippen molar-refractivity contribution in [3.05, 3.63) is 29.8 Å². The van der Waals surface area contributed by atoms with Crippen LogP contribution in [0.5, 0.6) is 0 Å². The van der Waals surface area contributed by atoms with E-state index in [0.717, 1.165) is 16.7 Å². The monoisotopic (exact) mass is 215 g/mol. The molecule has 0 N–H and O–H groups in total. The third kappa shape index (κ3) is 1.77. The Morgan fingerprint density at radius 1 is 0.938 bits per heavy atom. The molecule has 2 aromatic heterocycles. The molecule has 0 saturated heterocycles. The first kappa shape index (κ1) is 11.0. The molecule has 16 heavy (non-hydrogen) atoms. The lowest BCUT2D eigenvalue weighted by Gasteiger charge is -2.13. The van der Waals surface area contributed by atoms with E-state index in [4.69, 9.17) is 0 Å². The Kier molecular flexibility index (Phi) is 2.86. The summed E-state index contributed by atoms with van der Waals surface area (Å²) >= 11 is 0. The summed E-state index contributed by atoms with van der Waals surface area (Å²) in [6.07, 6.45) is 3.43. The summed E-state index contributed by atoms with van der Waals surface area (Å²) in [5.41, 5.74) is 3.20. The molecule has 0 saturated carbocycles. The molecule has 0 bridgehead atoms. The van der Waals surface area contributed by atoms with Gasteiger partial charge in [-0.25, -0.2) is 15.0 Å². The molecule has 3 nitrogen and oxygen atoms in total. The zero-order valence-corrected chi connectivity index (χ0v) is 10.2. The van der Waals surface area contributed by atoms with Crippen LogP contribution in [0.3, 0.4) is 0 Å². The Morgan fingerprint density at radius 3 is 2.31 bits per heavy atom. The van der Waals surface area contributed by atoms with Crippen LogP contribution in [0.25, 0.3) is 11.0 Å². The first-order valence-electron chi connectivity index (χ1n) is 5.70. The number of rotatable bonds is 2. The zero-order valence-electron chi connectivity index (χ0n) is 10.2. The lowest BCUT2D eigenvalue weighted by atomic mass is 9.96. The molecule has 0 spiro atoms. The molecule has 0 atom stereocenters. The van der Waals surface area contributed by atoms with Crippen LogP contribution in [0.4, 0.5) is 0 Å². The third-order valence-electron chi connectivity index (χ3n) is 2.77. The molecule has 0 amide bonds. The molecule has 84 valence electrons. The standard InChI is InChI=1S/C13H17N3/c1-8(2)10-5-6-14-13-11(10)12(9(3)4)15-7-16-13/h5-9H,1-4H3. The van der Waals surface area contributed by atoms with Crippen LogP contribution >= 0.6 is 0 Å². The lowest BCUT2D eigenvalue weighted by molar-refractivity contribution is 0.815. The Hall–Kier alpha value is -1.51. The minimum atomic E-state index is 0.396. The largest absolute Gasteiger partial charge is 0.240 e. The second-order valence-electron chi connectivity index (χ2n) is 4.67. The highest BCUT2D eigenvalue weighted by Crippen LogP contribution is 2.28. The number of pyridine rings is 1. The van der Waals surface area contributed by atoms with Crippen molar-refractivity contribution in [1.29, 1.82) is 0 Å². The van der Waals surface area contributed by atoms with Gasteiger partial charge in [-0.3, -0.25) is 0 Å². The Labute approximate surface area is 96.0 Å². The normalized spacial score (nSPS) is 11.6. The second-order valence-corrected chi connectivity index (χ2v) is 4.67. The number of hydrogen-bond acceptors (Lipinski definition) is 3. The fraction of sp³-hybridized carbons (Fsp3) is 0.462. The molecule has 0 aliphatic rings. The molecule has 2 rings (SSSR count). The van der Waals surface area contributed by atoms with Gasteiger partial charge in [0, 0.05) is 11.6 Å². The van der Waals surface area contributed by atoms with E-state index in [1.807, 2.05) is 6.20 Å². The molecule has 0 fully saturated rings. The van der Waals surface area contributed by atoms with E-state index in [1.54, 1.807) is 6.33 Å². The van der Waals surface area contributed by atoms with E-state index >= 15 is 0 Å². The van der Waals surface area contributed by atoms with E-state index in [-0.39, 0.29) is 0 Å². The van der Waals surface area contributed by atoms with Crippen molar-refractivity contribution in [1.82, 2.24) is 15.0 Å². The average Bonchev–Trinajstić information content (AvgIpc) is 2.27. The molecule has 2 aromatic rings. The maximum absolute atomic E-state index is 4.40. The number of hydrogen-bond donors (Lipinski definition) is 0. The van der Waals surface area contributed by atoms with Crippen LogP contribution in [-0.2, 0) is 0 Å². The van der Waals surface area contributed by atoms with Crippen LogP contribution in [-0.4, -0.2) is 15.0 Å².